The molecule has 122 valence electrons. The average Bonchev–Trinajstić information content (AvgIpc) is 2.46. The van der Waals surface area contributed by atoms with Crippen LogP contribution < -0.4 is 0 Å². The minimum absolute atomic E-state index is 0.0668. The van der Waals surface area contributed by atoms with Gasteiger partial charge in [0.05, 0.1) is 0 Å². The van der Waals surface area contributed by atoms with Gasteiger partial charge in [0.15, 0.2) is 5.78 Å². The number of ether oxygens (including phenoxy) is 1. The topological polar surface area (TPSA) is 26.3 Å². The van der Waals surface area contributed by atoms with Gasteiger partial charge in [-0.05, 0) is 52.9 Å². The van der Waals surface area contributed by atoms with Crippen LogP contribution in [0.25, 0.3) is 0 Å². The number of ketones is 1. The fourth-order valence-electron chi connectivity index (χ4n) is 2.28. The molecular weight excluding hydrogens is 272 g/mol. The molecule has 1 aromatic carbocycles. The predicted molar refractivity (Wildman–Crippen MR) is 93.4 cm³/mol. The fourth-order valence-corrected chi connectivity index (χ4v) is 2.28. The first kappa shape index (κ1) is 18.6. The second-order valence-electron chi connectivity index (χ2n) is 6.50. The molecule has 2 nitrogen and oxygen atoms in total. The number of hydrogen-bond acceptors (Lipinski definition) is 2. The lowest BCUT2D eigenvalue weighted by molar-refractivity contribution is 0.0435. The second kappa shape index (κ2) is 9.58. The van der Waals surface area contributed by atoms with Crippen molar-refractivity contribution in [3.05, 3.63) is 47.0 Å². The van der Waals surface area contributed by atoms with E-state index in [0.717, 1.165) is 24.0 Å². The molecule has 0 spiro atoms. The Morgan fingerprint density at radius 3 is 2.36 bits per heavy atom. The Labute approximate surface area is 135 Å². The number of carbonyl (C=O) groups excluding carboxylic acids is 1. The molecular formula is C20H30O2. The van der Waals surface area contributed by atoms with Crippen LogP contribution in [0, 0.1) is 12.8 Å². The van der Waals surface area contributed by atoms with Crippen LogP contribution in [0.1, 0.15) is 62.9 Å². The maximum absolute atomic E-state index is 12.2. The van der Waals surface area contributed by atoms with Gasteiger partial charge in [0.2, 0.25) is 0 Å². The van der Waals surface area contributed by atoms with Crippen LogP contribution in [0.4, 0.5) is 0 Å². The van der Waals surface area contributed by atoms with Gasteiger partial charge in [-0.1, -0.05) is 48.4 Å². The van der Waals surface area contributed by atoms with Gasteiger partial charge in [-0.3, -0.25) is 4.79 Å². The Balaban J connectivity index is 2.30. The van der Waals surface area contributed by atoms with E-state index in [9.17, 15) is 4.79 Å². The summed E-state index contributed by atoms with van der Waals surface area (Å²) >= 11 is 0. The predicted octanol–water partition coefficient (Wildman–Crippen LogP) is 5.36. The van der Waals surface area contributed by atoms with Gasteiger partial charge in [-0.2, -0.15) is 0 Å². The summed E-state index contributed by atoms with van der Waals surface area (Å²) in [6.07, 6.45) is 5.21. The SMILES string of the molecule is CC(C)=CCC[C@H](C)CCOC(C)C(=O)c1ccc(C)cc1. The van der Waals surface area contributed by atoms with E-state index in [-0.39, 0.29) is 11.9 Å². The molecule has 0 aliphatic rings. The molecule has 0 aliphatic heterocycles. The normalized spacial score (nSPS) is 13.5. The van der Waals surface area contributed by atoms with Crippen LogP contribution in [0.3, 0.4) is 0 Å². The summed E-state index contributed by atoms with van der Waals surface area (Å²) in [5.41, 5.74) is 3.27. The van der Waals surface area contributed by atoms with Crippen molar-refractivity contribution in [2.45, 2.75) is 60.0 Å². The summed E-state index contributed by atoms with van der Waals surface area (Å²) in [5, 5.41) is 0. The third-order valence-corrected chi connectivity index (χ3v) is 3.90. The molecule has 1 aromatic rings. The van der Waals surface area contributed by atoms with Gasteiger partial charge < -0.3 is 4.74 Å². The molecule has 1 rings (SSSR count). The first-order valence-corrected chi connectivity index (χ1v) is 8.26. The second-order valence-corrected chi connectivity index (χ2v) is 6.50. The lowest BCUT2D eigenvalue weighted by Crippen LogP contribution is -2.22. The first-order chi connectivity index (χ1) is 10.4. The van der Waals surface area contributed by atoms with E-state index in [1.165, 1.54) is 12.0 Å². The van der Waals surface area contributed by atoms with Gasteiger partial charge in [-0.15, -0.1) is 0 Å². The molecule has 0 fully saturated rings. The number of allylic oxidation sites excluding steroid dienone is 2. The Morgan fingerprint density at radius 2 is 1.77 bits per heavy atom. The number of hydrogen-bond donors (Lipinski definition) is 0. The van der Waals surface area contributed by atoms with Crippen molar-refractivity contribution in [1.82, 2.24) is 0 Å². The number of carbonyl (C=O) groups is 1. The third-order valence-electron chi connectivity index (χ3n) is 3.90. The molecule has 1 unspecified atom stereocenters. The van der Waals surface area contributed by atoms with Crippen molar-refractivity contribution >= 4 is 5.78 Å². The zero-order chi connectivity index (χ0) is 16.5. The van der Waals surface area contributed by atoms with Crippen LogP contribution in [0.5, 0.6) is 0 Å². The zero-order valence-corrected chi connectivity index (χ0v) is 14.7. The Morgan fingerprint density at radius 1 is 1.14 bits per heavy atom. The fraction of sp³-hybridized carbons (Fsp3) is 0.550. The van der Waals surface area contributed by atoms with Crippen molar-refractivity contribution in [1.29, 1.82) is 0 Å². The molecule has 0 amide bonds. The van der Waals surface area contributed by atoms with E-state index in [2.05, 4.69) is 26.8 Å². The molecule has 0 saturated heterocycles. The van der Waals surface area contributed by atoms with E-state index in [1.807, 2.05) is 38.1 Å². The van der Waals surface area contributed by atoms with Crippen molar-refractivity contribution in [3.8, 4) is 0 Å². The van der Waals surface area contributed by atoms with Crippen LogP contribution in [-0.4, -0.2) is 18.5 Å². The van der Waals surface area contributed by atoms with Gasteiger partial charge in [0.25, 0.3) is 0 Å². The average molecular weight is 302 g/mol. The van der Waals surface area contributed by atoms with Gasteiger partial charge in [-0.25, -0.2) is 0 Å². The van der Waals surface area contributed by atoms with Crippen molar-refractivity contribution in [2.75, 3.05) is 6.61 Å². The van der Waals surface area contributed by atoms with E-state index in [4.69, 9.17) is 4.74 Å². The van der Waals surface area contributed by atoms with Crippen LogP contribution in [0.2, 0.25) is 0 Å². The highest BCUT2D eigenvalue weighted by atomic mass is 16.5. The summed E-state index contributed by atoms with van der Waals surface area (Å²) in [7, 11) is 0. The number of benzene rings is 1. The highest BCUT2D eigenvalue weighted by molar-refractivity contribution is 5.99. The molecule has 0 aliphatic carbocycles. The largest absolute Gasteiger partial charge is 0.370 e. The summed E-state index contributed by atoms with van der Waals surface area (Å²) in [6.45, 7) is 11.0. The maximum Gasteiger partial charge on any atom is 0.191 e. The summed E-state index contributed by atoms with van der Waals surface area (Å²) in [4.78, 5) is 12.2. The minimum atomic E-state index is -0.368. The third kappa shape index (κ3) is 7.04. The number of rotatable bonds is 9. The van der Waals surface area contributed by atoms with Crippen molar-refractivity contribution in [3.63, 3.8) is 0 Å². The number of Topliss-reactive ketones (excluding diaryl/α,β-unsaturated/α-hetero) is 1. The van der Waals surface area contributed by atoms with Crippen molar-refractivity contribution < 1.29 is 9.53 Å². The molecule has 0 N–H and O–H groups in total. The highest BCUT2D eigenvalue weighted by Crippen LogP contribution is 2.13. The first-order valence-electron chi connectivity index (χ1n) is 8.26. The summed E-state index contributed by atoms with van der Waals surface area (Å²) < 4.78 is 5.72. The summed E-state index contributed by atoms with van der Waals surface area (Å²) in [6, 6.07) is 7.68. The van der Waals surface area contributed by atoms with E-state index < -0.39 is 0 Å². The standard InChI is InChI=1S/C20H30O2/c1-15(2)7-6-8-16(3)13-14-22-18(5)20(21)19-11-9-17(4)10-12-19/h7,9-12,16,18H,6,8,13-14H2,1-5H3/t16-,18?/m0/s1. The quantitative estimate of drug-likeness (QED) is 0.453. The molecule has 22 heavy (non-hydrogen) atoms. The Bertz CT molecular complexity index is 481. The van der Waals surface area contributed by atoms with Crippen LogP contribution >= 0.6 is 0 Å². The molecule has 2 heteroatoms. The Hall–Kier alpha value is -1.41. The molecule has 0 aromatic heterocycles. The van der Waals surface area contributed by atoms with E-state index in [1.54, 1.807) is 0 Å². The van der Waals surface area contributed by atoms with E-state index >= 15 is 0 Å². The lowest BCUT2D eigenvalue weighted by atomic mass is 10.0. The van der Waals surface area contributed by atoms with Crippen LogP contribution in [-0.2, 0) is 4.74 Å². The van der Waals surface area contributed by atoms with Gasteiger partial charge in [0.1, 0.15) is 6.10 Å². The molecule has 0 heterocycles. The van der Waals surface area contributed by atoms with Gasteiger partial charge >= 0.3 is 0 Å². The molecule has 0 saturated carbocycles. The van der Waals surface area contributed by atoms with Crippen molar-refractivity contribution in [2.24, 2.45) is 5.92 Å². The molecule has 0 bridgehead atoms. The Kier molecular flexibility index (Phi) is 8.11. The van der Waals surface area contributed by atoms with Gasteiger partial charge in [0, 0.05) is 12.2 Å². The minimum Gasteiger partial charge on any atom is -0.370 e. The smallest absolute Gasteiger partial charge is 0.191 e. The summed E-state index contributed by atoms with van der Waals surface area (Å²) in [5.74, 6) is 0.689. The lowest BCUT2D eigenvalue weighted by Gasteiger charge is -2.15. The molecule has 2 atom stereocenters. The van der Waals surface area contributed by atoms with Crippen LogP contribution in [0.15, 0.2) is 35.9 Å². The number of aryl methyl sites for hydroxylation is 1. The molecule has 0 radical (unpaired) electrons. The monoisotopic (exact) mass is 302 g/mol. The van der Waals surface area contributed by atoms with E-state index in [0.29, 0.717) is 12.5 Å². The highest BCUT2D eigenvalue weighted by Gasteiger charge is 2.15. The maximum atomic E-state index is 12.2. The zero-order valence-electron chi connectivity index (χ0n) is 14.7.